The molecule has 0 saturated heterocycles. The van der Waals surface area contributed by atoms with Gasteiger partial charge < -0.3 is 10.6 Å². The zero-order valence-electron chi connectivity index (χ0n) is 11.3. The second-order valence-corrected chi connectivity index (χ2v) is 5.19. The third-order valence-electron chi connectivity index (χ3n) is 3.04. The molecule has 0 spiro atoms. The van der Waals surface area contributed by atoms with E-state index >= 15 is 0 Å². The van der Waals surface area contributed by atoms with Gasteiger partial charge in [-0.25, -0.2) is 0 Å². The number of rotatable bonds is 8. The molecule has 0 radical (unpaired) electrons. The molecule has 0 saturated carbocycles. The van der Waals surface area contributed by atoms with Gasteiger partial charge in [-0.2, -0.15) is 0 Å². The SMILES string of the molecule is CCN(CC(C)CCCC(C)N)C(C)C. The third kappa shape index (κ3) is 7.80. The maximum Gasteiger partial charge on any atom is 0.00385 e. The Morgan fingerprint density at radius 1 is 1.07 bits per heavy atom. The molecule has 2 N–H and O–H groups in total. The monoisotopic (exact) mass is 214 g/mol. The zero-order valence-corrected chi connectivity index (χ0v) is 11.3. The molecule has 92 valence electrons. The first kappa shape index (κ1) is 14.9. The normalized spacial score (nSPS) is 16.0. The van der Waals surface area contributed by atoms with E-state index in [1.807, 2.05) is 0 Å². The van der Waals surface area contributed by atoms with Gasteiger partial charge in [0, 0.05) is 18.6 Å². The van der Waals surface area contributed by atoms with Gasteiger partial charge in [0.2, 0.25) is 0 Å². The summed E-state index contributed by atoms with van der Waals surface area (Å²) >= 11 is 0. The Balaban J connectivity index is 3.66. The van der Waals surface area contributed by atoms with Crippen LogP contribution in [0.1, 0.15) is 53.9 Å². The lowest BCUT2D eigenvalue weighted by molar-refractivity contribution is 0.196. The lowest BCUT2D eigenvalue weighted by atomic mass is 10.0. The topological polar surface area (TPSA) is 29.3 Å². The molecule has 0 aromatic carbocycles. The minimum Gasteiger partial charge on any atom is -0.328 e. The molecule has 0 aliphatic carbocycles. The van der Waals surface area contributed by atoms with E-state index in [2.05, 4.69) is 39.5 Å². The lowest BCUT2D eigenvalue weighted by Crippen LogP contribution is -2.34. The Hall–Kier alpha value is -0.0800. The van der Waals surface area contributed by atoms with E-state index in [0.29, 0.717) is 12.1 Å². The summed E-state index contributed by atoms with van der Waals surface area (Å²) in [6.07, 6.45) is 3.75. The molecule has 2 atom stereocenters. The predicted molar refractivity (Wildman–Crippen MR) is 69.0 cm³/mol. The van der Waals surface area contributed by atoms with Crippen molar-refractivity contribution in [1.82, 2.24) is 4.90 Å². The van der Waals surface area contributed by atoms with Crippen molar-refractivity contribution in [1.29, 1.82) is 0 Å². The molecule has 0 aromatic heterocycles. The second-order valence-electron chi connectivity index (χ2n) is 5.19. The molecule has 2 heteroatoms. The van der Waals surface area contributed by atoms with Gasteiger partial charge in [0.25, 0.3) is 0 Å². The Bertz CT molecular complexity index is 143. The van der Waals surface area contributed by atoms with Crippen molar-refractivity contribution in [3.05, 3.63) is 0 Å². The summed E-state index contributed by atoms with van der Waals surface area (Å²) in [5, 5.41) is 0. The number of hydrogen-bond donors (Lipinski definition) is 1. The third-order valence-corrected chi connectivity index (χ3v) is 3.04. The Kier molecular flexibility index (Phi) is 8.07. The van der Waals surface area contributed by atoms with E-state index in [1.54, 1.807) is 0 Å². The largest absolute Gasteiger partial charge is 0.328 e. The Morgan fingerprint density at radius 3 is 2.07 bits per heavy atom. The minimum atomic E-state index is 0.365. The first-order valence-electron chi connectivity index (χ1n) is 6.47. The molecule has 0 fully saturated rings. The van der Waals surface area contributed by atoms with Gasteiger partial charge in [-0.3, -0.25) is 0 Å². The van der Waals surface area contributed by atoms with Crippen LogP contribution in [0.25, 0.3) is 0 Å². The van der Waals surface area contributed by atoms with Gasteiger partial charge in [0.15, 0.2) is 0 Å². The summed E-state index contributed by atoms with van der Waals surface area (Å²) in [6, 6.07) is 1.04. The van der Waals surface area contributed by atoms with E-state index in [0.717, 1.165) is 18.9 Å². The maximum atomic E-state index is 5.74. The van der Waals surface area contributed by atoms with Gasteiger partial charge in [-0.05, 0) is 46.1 Å². The Labute approximate surface area is 96.2 Å². The standard InChI is InChI=1S/C13H30N2/c1-6-15(11(2)3)10-12(4)8-7-9-13(5)14/h11-13H,6-10,14H2,1-5H3. The molecular weight excluding hydrogens is 184 g/mol. The first-order valence-corrected chi connectivity index (χ1v) is 6.47. The highest BCUT2D eigenvalue weighted by Gasteiger charge is 2.11. The van der Waals surface area contributed by atoms with Gasteiger partial charge in [0.1, 0.15) is 0 Å². The summed E-state index contributed by atoms with van der Waals surface area (Å²) in [5.41, 5.74) is 5.74. The highest BCUT2D eigenvalue weighted by atomic mass is 15.1. The van der Waals surface area contributed by atoms with Crippen molar-refractivity contribution in [2.45, 2.75) is 66.0 Å². The second kappa shape index (κ2) is 8.12. The molecule has 0 amide bonds. The highest BCUT2D eigenvalue weighted by Crippen LogP contribution is 2.12. The molecule has 0 heterocycles. The van der Waals surface area contributed by atoms with Crippen LogP contribution < -0.4 is 5.73 Å². The van der Waals surface area contributed by atoms with Crippen LogP contribution in [0.4, 0.5) is 0 Å². The summed E-state index contributed by atoms with van der Waals surface area (Å²) in [5.74, 6) is 0.797. The van der Waals surface area contributed by atoms with Gasteiger partial charge in [-0.15, -0.1) is 0 Å². The predicted octanol–water partition coefficient (Wildman–Crippen LogP) is 2.87. The zero-order chi connectivity index (χ0) is 11.8. The van der Waals surface area contributed by atoms with Crippen LogP contribution in [-0.2, 0) is 0 Å². The fourth-order valence-corrected chi connectivity index (χ4v) is 1.98. The van der Waals surface area contributed by atoms with E-state index in [9.17, 15) is 0 Å². The highest BCUT2D eigenvalue weighted by molar-refractivity contribution is 4.66. The summed E-state index contributed by atoms with van der Waals surface area (Å²) < 4.78 is 0. The van der Waals surface area contributed by atoms with E-state index in [1.165, 1.54) is 19.4 Å². The van der Waals surface area contributed by atoms with Crippen LogP contribution in [0, 0.1) is 5.92 Å². The van der Waals surface area contributed by atoms with E-state index < -0.39 is 0 Å². The average Bonchev–Trinajstić information content (AvgIpc) is 2.13. The molecule has 0 aliphatic heterocycles. The van der Waals surface area contributed by atoms with Crippen LogP contribution >= 0.6 is 0 Å². The molecule has 0 aromatic rings. The molecule has 15 heavy (non-hydrogen) atoms. The van der Waals surface area contributed by atoms with Crippen molar-refractivity contribution in [3.63, 3.8) is 0 Å². The van der Waals surface area contributed by atoms with E-state index in [-0.39, 0.29) is 0 Å². The summed E-state index contributed by atoms with van der Waals surface area (Å²) in [7, 11) is 0. The van der Waals surface area contributed by atoms with E-state index in [4.69, 9.17) is 5.73 Å². The number of nitrogens with zero attached hydrogens (tertiary/aromatic N) is 1. The summed E-state index contributed by atoms with van der Waals surface area (Å²) in [4.78, 5) is 2.54. The van der Waals surface area contributed by atoms with Crippen molar-refractivity contribution in [3.8, 4) is 0 Å². The van der Waals surface area contributed by atoms with Crippen LogP contribution in [0.3, 0.4) is 0 Å². The molecule has 0 bridgehead atoms. The fourth-order valence-electron chi connectivity index (χ4n) is 1.98. The fraction of sp³-hybridized carbons (Fsp3) is 1.00. The van der Waals surface area contributed by atoms with Crippen LogP contribution in [0.15, 0.2) is 0 Å². The van der Waals surface area contributed by atoms with Crippen LogP contribution in [0.5, 0.6) is 0 Å². The molecule has 0 rings (SSSR count). The van der Waals surface area contributed by atoms with Gasteiger partial charge in [0.05, 0.1) is 0 Å². The van der Waals surface area contributed by atoms with Crippen molar-refractivity contribution in [2.75, 3.05) is 13.1 Å². The van der Waals surface area contributed by atoms with Crippen molar-refractivity contribution >= 4 is 0 Å². The van der Waals surface area contributed by atoms with Crippen LogP contribution in [0.2, 0.25) is 0 Å². The Morgan fingerprint density at radius 2 is 1.67 bits per heavy atom. The number of hydrogen-bond acceptors (Lipinski definition) is 2. The minimum absolute atomic E-state index is 0.365. The summed E-state index contributed by atoms with van der Waals surface area (Å²) in [6.45, 7) is 13.6. The molecule has 2 unspecified atom stereocenters. The number of nitrogens with two attached hydrogens (primary N) is 1. The first-order chi connectivity index (χ1) is 6.97. The van der Waals surface area contributed by atoms with Gasteiger partial charge >= 0.3 is 0 Å². The smallest absolute Gasteiger partial charge is 0.00385 e. The quantitative estimate of drug-likeness (QED) is 0.673. The molecule has 0 aliphatic rings. The van der Waals surface area contributed by atoms with Crippen molar-refractivity contribution < 1.29 is 0 Å². The van der Waals surface area contributed by atoms with Gasteiger partial charge in [-0.1, -0.05) is 20.3 Å². The average molecular weight is 214 g/mol. The van der Waals surface area contributed by atoms with Crippen molar-refractivity contribution in [2.24, 2.45) is 11.7 Å². The lowest BCUT2D eigenvalue weighted by Gasteiger charge is -2.28. The molecular formula is C13H30N2. The molecule has 2 nitrogen and oxygen atoms in total. The van der Waals surface area contributed by atoms with Crippen LogP contribution in [-0.4, -0.2) is 30.1 Å². The maximum absolute atomic E-state index is 5.74.